The Morgan fingerprint density at radius 1 is 1.18 bits per heavy atom. The predicted octanol–water partition coefficient (Wildman–Crippen LogP) is 5.29. The standard InChI is InChI=1S/C24H29F2NO6/c1-14-11-16(20(32-14)24(5,25)26)13-31-17-7-8-18-15(12-17)9-10-27(19(18)21(28)30-6)22(29)33-23(2,3)4/h7-8,11-12,19H,9-10,13H2,1-6H3/t19-/m1/s1. The molecule has 9 heteroatoms. The van der Waals surface area contributed by atoms with E-state index in [4.69, 9.17) is 18.6 Å². The lowest BCUT2D eigenvalue weighted by atomic mass is 9.92. The van der Waals surface area contributed by atoms with Crippen molar-refractivity contribution in [3.05, 3.63) is 52.5 Å². The summed E-state index contributed by atoms with van der Waals surface area (Å²) in [6, 6.07) is 5.62. The van der Waals surface area contributed by atoms with Gasteiger partial charge in [0, 0.05) is 19.0 Å². The molecule has 2 heterocycles. The fourth-order valence-corrected chi connectivity index (χ4v) is 3.78. The highest BCUT2D eigenvalue weighted by molar-refractivity contribution is 5.84. The van der Waals surface area contributed by atoms with Crippen molar-refractivity contribution in [1.82, 2.24) is 4.90 Å². The number of fused-ring (bicyclic) bond motifs is 1. The van der Waals surface area contributed by atoms with E-state index in [1.54, 1.807) is 45.9 Å². The number of rotatable bonds is 5. The first-order valence-electron chi connectivity index (χ1n) is 10.6. The van der Waals surface area contributed by atoms with Gasteiger partial charge in [-0.2, -0.15) is 8.78 Å². The lowest BCUT2D eigenvalue weighted by Gasteiger charge is -2.36. The molecule has 0 N–H and O–H groups in total. The molecule has 7 nitrogen and oxygen atoms in total. The SMILES string of the molecule is COC(=O)[C@H]1c2ccc(OCc3cc(C)oc3C(C)(F)F)cc2CCN1C(=O)OC(C)(C)C. The van der Waals surface area contributed by atoms with Crippen LogP contribution in [0.25, 0.3) is 0 Å². The van der Waals surface area contributed by atoms with Crippen molar-refractivity contribution in [3.63, 3.8) is 0 Å². The zero-order chi connectivity index (χ0) is 24.6. The number of alkyl halides is 2. The third kappa shape index (κ3) is 5.64. The fourth-order valence-electron chi connectivity index (χ4n) is 3.78. The number of aryl methyl sites for hydroxylation is 1. The smallest absolute Gasteiger partial charge is 0.411 e. The molecular weight excluding hydrogens is 436 g/mol. The lowest BCUT2D eigenvalue weighted by molar-refractivity contribution is -0.147. The summed E-state index contributed by atoms with van der Waals surface area (Å²) in [5, 5.41) is 0. The summed E-state index contributed by atoms with van der Waals surface area (Å²) in [6.45, 7) is 7.78. The summed E-state index contributed by atoms with van der Waals surface area (Å²) in [7, 11) is 1.26. The van der Waals surface area contributed by atoms with Crippen LogP contribution in [0.5, 0.6) is 5.75 Å². The summed E-state index contributed by atoms with van der Waals surface area (Å²) < 4.78 is 48.9. The Kier molecular flexibility index (Phi) is 6.72. The fraction of sp³-hybridized carbons (Fsp3) is 0.500. The van der Waals surface area contributed by atoms with Crippen LogP contribution < -0.4 is 4.74 Å². The largest absolute Gasteiger partial charge is 0.489 e. The van der Waals surface area contributed by atoms with Crippen LogP contribution in [-0.4, -0.2) is 36.2 Å². The van der Waals surface area contributed by atoms with E-state index in [2.05, 4.69) is 0 Å². The summed E-state index contributed by atoms with van der Waals surface area (Å²) in [6.07, 6.45) is -0.144. The molecule has 33 heavy (non-hydrogen) atoms. The van der Waals surface area contributed by atoms with E-state index in [-0.39, 0.29) is 18.7 Å². The normalized spacial score (nSPS) is 16.2. The van der Waals surface area contributed by atoms with Gasteiger partial charge in [-0.25, -0.2) is 9.59 Å². The van der Waals surface area contributed by atoms with Crippen molar-refractivity contribution in [2.24, 2.45) is 0 Å². The molecule has 0 bridgehead atoms. The van der Waals surface area contributed by atoms with Crippen molar-refractivity contribution in [3.8, 4) is 5.75 Å². The Labute approximate surface area is 191 Å². The van der Waals surface area contributed by atoms with Crippen molar-refractivity contribution < 1.29 is 37.0 Å². The van der Waals surface area contributed by atoms with Crippen LogP contribution in [0.1, 0.15) is 61.9 Å². The average molecular weight is 465 g/mol. The molecule has 180 valence electrons. The number of benzene rings is 1. The highest BCUT2D eigenvalue weighted by Crippen LogP contribution is 2.36. The zero-order valence-corrected chi connectivity index (χ0v) is 19.7. The van der Waals surface area contributed by atoms with Crippen LogP contribution in [0.2, 0.25) is 0 Å². The molecule has 1 aromatic heterocycles. The van der Waals surface area contributed by atoms with E-state index in [1.165, 1.54) is 18.1 Å². The predicted molar refractivity (Wildman–Crippen MR) is 115 cm³/mol. The van der Waals surface area contributed by atoms with Gasteiger partial charge >= 0.3 is 18.0 Å². The Balaban J connectivity index is 1.83. The van der Waals surface area contributed by atoms with Gasteiger partial charge in [0.15, 0.2) is 11.8 Å². The highest BCUT2D eigenvalue weighted by Gasteiger charge is 2.39. The van der Waals surface area contributed by atoms with Gasteiger partial charge in [0.25, 0.3) is 0 Å². The van der Waals surface area contributed by atoms with E-state index < -0.39 is 35.4 Å². The van der Waals surface area contributed by atoms with Crippen LogP contribution in [-0.2, 0) is 33.2 Å². The molecule has 3 rings (SSSR count). The minimum Gasteiger partial charge on any atom is -0.489 e. The number of ether oxygens (including phenoxy) is 3. The number of halogens is 2. The van der Waals surface area contributed by atoms with Gasteiger partial charge in [-0.05, 0) is 63.4 Å². The number of hydrogen-bond donors (Lipinski definition) is 0. The topological polar surface area (TPSA) is 78.2 Å². The summed E-state index contributed by atoms with van der Waals surface area (Å²) in [4.78, 5) is 26.6. The third-order valence-corrected chi connectivity index (χ3v) is 5.12. The van der Waals surface area contributed by atoms with Gasteiger partial charge in [0.2, 0.25) is 0 Å². The number of methoxy groups -OCH3 is 1. The van der Waals surface area contributed by atoms with Gasteiger partial charge < -0.3 is 18.6 Å². The van der Waals surface area contributed by atoms with Gasteiger partial charge in [-0.3, -0.25) is 4.90 Å². The maximum absolute atomic E-state index is 13.8. The number of carbonyl (C=O) groups excluding carboxylic acids is 2. The number of hydrogen-bond acceptors (Lipinski definition) is 6. The van der Waals surface area contributed by atoms with Gasteiger partial charge in [-0.15, -0.1) is 0 Å². The summed E-state index contributed by atoms with van der Waals surface area (Å²) in [5.41, 5.74) is 0.953. The number of carbonyl (C=O) groups is 2. The quantitative estimate of drug-likeness (QED) is 0.559. The molecule has 0 aliphatic carbocycles. The van der Waals surface area contributed by atoms with Crippen molar-refractivity contribution in [2.75, 3.05) is 13.7 Å². The minimum atomic E-state index is -3.12. The molecule has 0 fully saturated rings. The molecule has 0 spiro atoms. The zero-order valence-electron chi connectivity index (χ0n) is 19.7. The van der Waals surface area contributed by atoms with Crippen LogP contribution in [0, 0.1) is 6.92 Å². The molecule has 2 aromatic rings. The second-order valence-corrected chi connectivity index (χ2v) is 9.10. The van der Waals surface area contributed by atoms with Crippen molar-refractivity contribution >= 4 is 12.1 Å². The van der Waals surface area contributed by atoms with E-state index >= 15 is 0 Å². The molecule has 0 unspecified atom stereocenters. The Bertz CT molecular complexity index is 1030. The summed E-state index contributed by atoms with van der Waals surface area (Å²) >= 11 is 0. The molecule has 1 aromatic carbocycles. The third-order valence-electron chi connectivity index (χ3n) is 5.12. The second-order valence-electron chi connectivity index (χ2n) is 9.10. The van der Waals surface area contributed by atoms with Gasteiger partial charge in [0.05, 0.1) is 7.11 Å². The van der Waals surface area contributed by atoms with Crippen molar-refractivity contribution in [1.29, 1.82) is 0 Å². The number of furan rings is 1. The molecular formula is C24H29F2NO6. The summed E-state index contributed by atoms with van der Waals surface area (Å²) in [5.74, 6) is -3.30. The first-order valence-corrected chi connectivity index (χ1v) is 10.6. The lowest BCUT2D eigenvalue weighted by Crippen LogP contribution is -2.46. The molecule has 1 aliphatic rings. The maximum atomic E-state index is 13.8. The molecule has 0 radical (unpaired) electrons. The van der Waals surface area contributed by atoms with Crippen LogP contribution in [0.3, 0.4) is 0 Å². The average Bonchev–Trinajstić information content (AvgIpc) is 3.10. The molecule has 1 aliphatic heterocycles. The second kappa shape index (κ2) is 9.03. The minimum absolute atomic E-state index is 0.0979. The highest BCUT2D eigenvalue weighted by atomic mass is 19.3. The van der Waals surface area contributed by atoms with E-state index in [1.807, 2.05) is 0 Å². The maximum Gasteiger partial charge on any atom is 0.411 e. The van der Waals surface area contributed by atoms with E-state index in [0.29, 0.717) is 23.5 Å². The first kappa shape index (κ1) is 24.5. The van der Waals surface area contributed by atoms with E-state index in [9.17, 15) is 18.4 Å². The molecule has 0 saturated carbocycles. The Hall–Kier alpha value is -3.10. The van der Waals surface area contributed by atoms with Gasteiger partial charge in [0.1, 0.15) is 23.7 Å². The van der Waals surface area contributed by atoms with Crippen LogP contribution in [0.15, 0.2) is 28.7 Å². The van der Waals surface area contributed by atoms with Crippen LogP contribution >= 0.6 is 0 Å². The van der Waals surface area contributed by atoms with Gasteiger partial charge in [-0.1, -0.05) is 6.07 Å². The van der Waals surface area contributed by atoms with Crippen molar-refractivity contribution in [2.45, 2.75) is 65.2 Å². The molecule has 0 saturated heterocycles. The number of amides is 1. The Morgan fingerprint density at radius 3 is 2.48 bits per heavy atom. The monoisotopic (exact) mass is 465 g/mol. The molecule has 1 amide bonds. The van der Waals surface area contributed by atoms with E-state index in [0.717, 1.165) is 12.5 Å². The first-order chi connectivity index (χ1) is 15.3. The Morgan fingerprint density at radius 2 is 1.88 bits per heavy atom. The molecule has 1 atom stereocenters. The van der Waals surface area contributed by atoms with Crippen LogP contribution in [0.4, 0.5) is 13.6 Å². The number of esters is 1. The number of nitrogens with zero attached hydrogens (tertiary/aromatic N) is 1.